The van der Waals surface area contributed by atoms with Crippen molar-refractivity contribution in [3.05, 3.63) is 123 Å². The Morgan fingerprint density at radius 3 is 2.37 bits per heavy atom. The van der Waals surface area contributed by atoms with E-state index in [4.69, 9.17) is 4.74 Å². The molecule has 0 aliphatic carbocycles. The van der Waals surface area contributed by atoms with E-state index in [0.717, 1.165) is 33.3 Å². The van der Waals surface area contributed by atoms with Crippen LogP contribution in [-0.4, -0.2) is 63.5 Å². The third kappa shape index (κ3) is 7.53. The predicted octanol–water partition coefficient (Wildman–Crippen LogP) is 3.66. The maximum atomic E-state index is 15.2. The molecule has 14 nitrogen and oxygen atoms in total. The predicted molar refractivity (Wildman–Crippen MR) is 175 cm³/mol. The summed E-state index contributed by atoms with van der Waals surface area (Å²) in [5.41, 5.74) is -2.41. The van der Waals surface area contributed by atoms with E-state index < -0.39 is 57.0 Å². The first-order chi connectivity index (χ1) is 23.3. The first-order valence-corrected chi connectivity index (χ1v) is 15.9. The number of anilines is 3. The number of benzene rings is 2. The fourth-order valence-electron chi connectivity index (χ4n) is 4.43. The van der Waals surface area contributed by atoms with Crippen LogP contribution < -0.4 is 26.6 Å². The molecule has 17 heteroatoms. The molecule has 2 aromatic carbocycles. The number of aliphatic hydroxyl groups excluding tert-OH is 1. The fourth-order valence-corrected chi connectivity index (χ4v) is 5.28. The highest BCUT2D eigenvalue weighted by atomic mass is 32.2. The Balaban J connectivity index is 1.34. The quantitative estimate of drug-likeness (QED) is 0.185. The summed E-state index contributed by atoms with van der Waals surface area (Å²) in [6.45, 7) is 1.01. The van der Waals surface area contributed by atoms with Gasteiger partial charge in [0.1, 0.15) is 33.7 Å². The molecule has 254 valence electrons. The maximum absolute atomic E-state index is 15.2. The van der Waals surface area contributed by atoms with Gasteiger partial charge in [0.2, 0.25) is 10.0 Å². The van der Waals surface area contributed by atoms with E-state index in [9.17, 15) is 32.3 Å². The molecule has 49 heavy (non-hydrogen) atoms. The molecule has 1 unspecified atom stereocenters. The topological polar surface area (TPSA) is 178 Å². The van der Waals surface area contributed by atoms with Crippen LogP contribution in [0.3, 0.4) is 0 Å². The zero-order valence-electron chi connectivity index (χ0n) is 26.2. The molecule has 3 N–H and O–H groups in total. The van der Waals surface area contributed by atoms with E-state index in [1.807, 2.05) is 0 Å². The summed E-state index contributed by atoms with van der Waals surface area (Å²) in [6, 6.07) is 12.9. The lowest BCUT2D eigenvalue weighted by molar-refractivity contribution is 0.102. The van der Waals surface area contributed by atoms with Crippen LogP contribution in [0.25, 0.3) is 5.69 Å². The third-order valence-corrected chi connectivity index (χ3v) is 8.90. The van der Waals surface area contributed by atoms with Crippen LogP contribution in [0.1, 0.15) is 23.3 Å². The summed E-state index contributed by atoms with van der Waals surface area (Å²) in [6.07, 6.45) is 3.59. The average Bonchev–Trinajstić information content (AvgIpc) is 3.07. The zero-order valence-corrected chi connectivity index (χ0v) is 27.0. The monoisotopic (exact) mass is 693 g/mol. The minimum Gasteiger partial charge on any atom is -0.454 e. The van der Waals surface area contributed by atoms with E-state index in [-0.39, 0.29) is 33.6 Å². The molecule has 5 aromatic rings. The van der Waals surface area contributed by atoms with Crippen LogP contribution in [0.2, 0.25) is 0 Å². The molecule has 5 rings (SSSR count). The number of ether oxygens (including phenoxy) is 1. The minimum atomic E-state index is -3.66. The van der Waals surface area contributed by atoms with Crippen molar-refractivity contribution in [3.63, 3.8) is 0 Å². The second-order valence-electron chi connectivity index (χ2n) is 10.8. The van der Waals surface area contributed by atoms with Crippen molar-refractivity contribution in [2.45, 2.75) is 17.9 Å². The smallest absolute Gasteiger partial charge is 0.335 e. The van der Waals surface area contributed by atoms with Gasteiger partial charge in [-0.2, -0.15) is 0 Å². The summed E-state index contributed by atoms with van der Waals surface area (Å²) in [5, 5.41) is 15.0. The Labute approximate surface area is 277 Å². The molecule has 1 amide bonds. The standard InChI is InChI=1S/C32H29F2N7O7S/c1-19(18-42)40-17-25(31(44)41(32(40)45)22-7-4-20(33)5-8-22)30(43)37-21-6-10-27(26(34)14-21)48-23-12-13-35-29(15-23)38-28-11-9-24(16-36-28)49(46,47)39(2)3/h4-17,19,42H,18H2,1-3H3,(H,37,43)(H,35,36,38). The number of carbonyl (C=O) groups is 1. The highest BCUT2D eigenvalue weighted by molar-refractivity contribution is 7.89. The Kier molecular flexibility index (Phi) is 9.97. The molecule has 1 atom stereocenters. The highest BCUT2D eigenvalue weighted by Gasteiger charge is 2.22. The van der Waals surface area contributed by atoms with Crippen molar-refractivity contribution in [3.8, 4) is 17.2 Å². The van der Waals surface area contributed by atoms with Gasteiger partial charge in [-0.15, -0.1) is 0 Å². The molecular weight excluding hydrogens is 664 g/mol. The molecule has 0 spiro atoms. The summed E-state index contributed by atoms with van der Waals surface area (Å²) < 4.78 is 61.6. The van der Waals surface area contributed by atoms with Crippen LogP contribution in [0, 0.1) is 11.6 Å². The largest absolute Gasteiger partial charge is 0.454 e. The molecular formula is C32H29F2N7O7S. The molecule has 0 aliphatic heterocycles. The second-order valence-corrected chi connectivity index (χ2v) is 12.9. The van der Waals surface area contributed by atoms with Gasteiger partial charge in [0.25, 0.3) is 11.5 Å². The van der Waals surface area contributed by atoms with Gasteiger partial charge in [-0.3, -0.25) is 14.2 Å². The lowest BCUT2D eigenvalue weighted by Gasteiger charge is -2.17. The van der Waals surface area contributed by atoms with Crippen molar-refractivity contribution in [2.75, 3.05) is 31.3 Å². The van der Waals surface area contributed by atoms with Crippen molar-refractivity contribution in [1.82, 2.24) is 23.4 Å². The number of sulfonamides is 1. The molecule has 0 saturated heterocycles. The Morgan fingerprint density at radius 1 is 1.00 bits per heavy atom. The van der Waals surface area contributed by atoms with Crippen LogP contribution >= 0.6 is 0 Å². The maximum Gasteiger partial charge on any atom is 0.335 e. The number of rotatable bonds is 11. The van der Waals surface area contributed by atoms with Crippen LogP contribution in [0.4, 0.5) is 26.1 Å². The van der Waals surface area contributed by atoms with Gasteiger partial charge in [-0.05, 0) is 61.5 Å². The van der Waals surface area contributed by atoms with Crippen molar-refractivity contribution >= 4 is 33.3 Å². The average molecular weight is 694 g/mol. The van der Waals surface area contributed by atoms with Gasteiger partial charge in [0.05, 0.1) is 18.3 Å². The number of nitrogens with zero attached hydrogens (tertiary/aromatic N) is 5. The number of aliphatic hydroxyl groups is 1. The van der Waals surface area contributed by atoms with E-state index in [1.165, 1.54) is 81.9 Å². The number of pyridine rings is 2. The van der Waals surface area contributed by atoms with Gasteiger partial charge in [-0.25, -0.2) is 40.8 Å². The van der Waals surface area contributed by atoms with Crippen LogP contribution in [0.5, 0.6) is 11.5 Å². The van der Waals surface area contributed by atoms with Gasteiger partial charge < -0.3 is 20.5 Å². The lowest BCUT2D eigenvalue weighted by Crippen LogP contribution is -2.43. The third-order valence-electron chi connectivity index (χ3n) is 7.10. The molecule has 0 radical (unpaired) electrons. The van der Waals surface area contributed by atoms with Crippen molar-refractivity contribution in [2.24, 2.45) is 0 Å². The number of halogens is 2. The number of hydrogen-bond donors (Lipinski definition) is 3. The fraction of sp³-hybridized carbons (Fsp3) is 0.156. The van der Waals surface area contributed by atoms with E-state index in [2.05, 4.69) is 20.6 Å². The summed E-state index contributed by atoms with van der Waals surface area (Å²) in [5.74, 6) is -1.92. The number of amides is 1. The van der Waals surface area contributed by atoms with Crippen molar-refractivity contribution in [1.29, 1.82) is 0 Å². The number of aromatic nitrogens is 4. The molecule has 0 aliphatic rings. The van der Waals surface area contributed by atoms with E-state index >= 15 is 4.39 Å². The van der Waals surface area contributed by atoms with Gasteiger partial charge in [0, 0.05) is 50.5 Å². The molecule has 0 bridgehead atoms. The van der Waals surface area contributed by atoms with Gasteiger partial charge in [-0.1, -0.05) is 0 Å². The Bertz CT molecular complexity index is 2240. The first-order valence-electron chi connectivity index (χ1n) is 14.4. The van der Waals surface area contributed by atoms with Crippen molar-refractivity contribution < 1.29 is 31.8 Å². The summed E-state index contributed by atoms with van der Waals surface area (Å²) in [7, 11) is -0.842. The Morgan fingerprint density at radius 2 is 1.73 bits per heavy atom. The Hall–Kier alpha value is -5.78. The number of nitrogens with one attached hydrogen (secondary N) is 2. The zero-order chi connectivity index (χ0) is 35.5. The summed E-state index contributed by atoms with van der Waals surface area (Å²) in [4.78, 5) is 47.9. The SMILES string of the molecule is CC(CO)n1cc(C(=O)Nc2ccc(Oc3ccnc(Nc4ccc(S(=O)(=O)N(C)C)cn4)c3)c(F)c2)c(=O)n(-c2ccc(F)cc2)c1=O. The lowest BCUT2D eigenvalue weighted by atomic mass is 10.2. The van der Waals surface area contributed by atoms with Gasteiger partial charge in [0.15, 0.2) is 11.6 Å². The molecule has 0 saturated carbocycles. The molecule has 3 heterocycles. The molecule has 3 aromatic heterocycles. The van der Waals surface area contributed by atoms with Crippen LogP contribution in [0.15, 0.2) is 99.8 Å². The second kappa shape index (κ2) is 14.1. The summed E-state index contributed by atoms with van der Waals surface area (Å²) >= 11 is 0. The number of carbonyl (C=O) groups excluding carboxylic acids is 1. The van der Waals surface area contributed by atoms with Gasteiger partial charge >= 0.3 is 5.69 Å². The normalized spacial score (nSPS) is 12.1. The molecule has 0 fully saturated rings. The highest BCUT2D eigenvalue weighted by Crippen LogP contribution is 2.28. The minimum absolute atomic E-state index is 0.00316. The van der Waals surface area contributed by atoms with E-state index in [1.54, 1.807) is 0 Å². The first kappa shape index (κ1) is 34.6. The number of hydrogen-bond acceptors (Lipinski definition) is 10. The van der Waals surface area contributed by atoms with E-state index in [0.29, 0.717) is 10.4 Å². The van der Waals surface area contributed by atoms with Crippen LogP contribution in [-0.2, 0) is 10.0 Å².